The van der Waals surface area contributed by atoms with E-state index in [2.05, 4.69) is 26.1 Å². The minimum Gasteiger partial charge on any atom is -0.378 e. The van der Waals surface area contributed by atoms with E-state index >= 15 is 0 Å². The summed E-state index contributed by atoms with van der Waals surface area (Å²) in [6, 6.07) is 0. The first-order valence-corrected chi connectivity index (χ1v) is 8.83. The van der Waals surface area contributed by atoms with Crippen LogP contribution < -0.4 is 5.32 Å². The van der Waals surface area contributed by atoms with Gasteiger partial charge in [-0.3, -0.25) is 0 Å². The molecule has 1 unspecified atom stereocenters. The maximum atomic E-state index is 5.84. The Morgan fingerprint density at radius 2 is 2.25 bits per heavy atom. The van der Waals surface area contributed by atoms with Gasteiger partial charge in [0.05, 0.1) is 16.8 Å². The maximum absolute atomic E-state index is 5.84. The van der Waals surface area contributed by atoms with Crippen molar-refractivity contribution in [2.45, 2.75) is 71.4 Å². The summed E-state index contributed by atoms with van der Waals surface area (Å²) < 4.78 is 5.84. The summed E-state index contributed by atoms with van der Waals surface area (Å²) in [6.07, 6.45) is 6.29. The van der Waals surface area contributed by atoms with Crippen molar-refractivity contribution in [3.8, 4) is 0 Å². The molecule has 4 heteroatoms. The van der Waals surface area contributed by atoms with Gasteiger partial charge in [-0.05, 0) is 38.1 Å². The van der Waals surface area contributed by atoms with Gasteiger partial charge < -0.3 is 10.1 Å². The second-order valence-corrected chi connectivity index (χ2v) is 7.11. The molecule has 20 heavy (non-hydrogen) atoms. The lowest BCUT2D eigenvalue weighted by Gasteiger charge is -2.21. The Morgan fingerprint density at radius 1 is 1.40 bits per heavy atom. The van der Waals surface area contributed by atoms with Gasteiger partial charge in [-0.25, -0.2) is 4.98 Å². The van der Waals surface area contributed by atoms with Crippen molar-refractivity contribution in [3.05, 3.63) is 15.6 Å². The lowest BCUT2D eigenvalue weighted by molar-refractivity contribution is 0.0167. The van der Waals surface area contributed by atoms with E-state index in [-0.39, 0.29) is 0 Å². The van der Waals surface area contributed by atoms with E-state index in [9.17, 15) is 0 Å². The quantitative estimate of drug-likeness (QED) is 0.775. The number of ether oxygens (including phenoxy) is 1. The maximum Gasteiger partial charge on any atom is 0.0957 e. The zero-order chi connectivity index (χ0) is 14.4. The molecule has 0 radical (unpaired) electrons. The highest BCUT2D eigenvalue weighted by Crippen LogP contribution is 2.27. The summed E-state index contributed by atoms with van der Waals surface area (Å²) in [5.41, 5.74) is 1.28. The minimum absolute atomic E-state index is 0.395. The van der Waals surface area contributed by atoms with Gasteiger partial charge in [-0.15, -0.1) is 11.3 Å². The predicted molar refractivity (Wildman–Crippen MR) is 85.5 cm³/mol. The first kappa shape index (κ1) is 15.9. The van der Waals surface area contributed by atoms with E-state index in [1.807, 2.05) is 11.3 Å². The molecule has 2 rings (SSSR count). The van der Waals surface area contributed by atoms with Gasteiger partial charge in [0.25, 0.3) is 0 Å². The molecule has 2 heterocycles. The second-order valence-electron chi connectivity index (χ2n) is 5.94. The molecule has 0 bridgehead atoms. The van der Waals surface area contributed by atoms with Crippen molar-refractivity contribution >= 4 is 11.3 Å². The Hall–Kier alpha value is -0.450. The van der Waals surface area contributed by atoms with Crippen LogP contribution in [0, 0.1) is 0 Å². The van der Waals surface area contributed by atoms with E-state index in [4.69, 9.17) is 9.72 Å². The topological polar surface area (TPSA) is 34.1 Å². The fourth-order valence-electron chi connectivity index (χ4n) is 2.62. The number of hydrogen-bond donors (Lipinski definition) is 1. The molecule has 1 aromatic heterocycles. The van der Waals surface area contributed by atoms with Crippen LogP contribution in [0.15, 0.2) is 0 Å². The average molecular weight is 296 g/mol. The van der Waals surface area contributed by atoms with Gasteiger partial charge in [0.1, 0.15) is 0 Å². The Morgan fingerprint density at radius 3 is 2.90 bits per heavy atom. The third-order valence-electron chi connectivity index (χ3n) is 3.71. The van der Waals surface area contributed by atoms with Gasteiger partial charge in [-0.1, -0.05) is 20.8 Å². The molecular formula is C16H28N2OS. The van der Waals surface area contributed by atoms with Crippen LogP contribution in [-0.2, 0) is 17.7 Å². The van der Waals surface area contributed by atoms with E-state index in [0.717, 1.165) is 26.1 Å². The van der Waals surface area contributed by atoms with E-state index < -0.39 is 0 Å². The second kappa shape index (κ2) is 8.11. The molecule has 1 saturated heterocycles. The van der Waals surface area contributed by atoms with Crippen LogP contribution >= 0.6 is 11.3 Å². The van der Waals surface area contributed by atoms with Crippen molar-refractivity contribution in [1.29, 1.82) is 0 Å². The van der Waals surface area contributed by atoms with Crippen molar-refractivity contribution < 1.29 is 4.74 Å². The van der Waals surface area contributed by atoms with Crippen molar-refractivity contribution in [2.75, 3.05) is 13.2 Å². The summed E-state index contributed by atoms with van der Waals surface area (Å²) >= 11 is 1.88. The molecule has 0 aliphatic carbocycles. The van der Waals surface area contributed by atoms with Gasteiger partial charge in [0.2, 0.25) is 0 Å². The van der Waals surface area contributed by atoms with Gasteiger partial charge in [0.15, 0.2) is 0 Å². The summed E-state index contributed by atoms with van der Waals surface area (Å²) in [6.45, 7) is 9.65. The summed E-state index contributed by atoms with van der Waals surface area (Å²) in [5.74, 6) is 0.505. The molecule has 114 valence electrons. The highest BCUT2D eigenvalue weighted by atomic mass is 32.1. The molecule has 3 nitrogen and oxygen atoms in total. The Labute approximate surface area is 127 Å². The smallest absolute Gasteiger partial charge is 0.0957 e. The fourth-order valence-corrected chi connectivity index (χ4v) is 3.88. The SMILES string of the molecule is CCCNCc1sc(CC2CCCCO2)nc1C(C)C. The van der Waals surface area contributed by atoms with Gasteiger partial charge in [-0.2, -0.15) is 0 Å². The number of nitrogens with zero attached hydrogens (tertiary/aromatic N) is 1. The third-order valence-corrected chi connectivity index (χ3v) is 4.80. The van der Waals surface area contributed by atoms with Crippen molar-refractivity contribution in [3.63, 3.8) is 0 Å². The molecule has 1 fully saturated rings. The van der Waals surface area contributed by atoms with Crippen LogP contribution in [0.25, 0.3) is 0 Å². The molecule has 1 N–H and O–H groups in total. The Balaban J connectivity index is 1.99. The number of hydrogen-bond acceptors (Lipinski definition) is 4. The first-order valence-electron chi connectivity index (χ1n) is 8.01. The summed E-state index contributed by atoms with van der Waals surface area (Å²) in [7, 11) is 0. The normalized spacial score (nSPS) is 19.7. The predicted octanol–water partition coefficient (Wildman–Crippen LogP) is 3.88. The molecule has 0 amide bonds. The minimum atomic E-state index is 0.395. The highest BCUT2D eigenvalue weighted by Gasteiger charge is 2.19. The molecule has 0 aromatic carbocycles. The Bertz CT molecular complexity index is 397. The van der Waals surface area contributed by atoms with E-state index in [0.29, 0.717) is 12.0 Å². The molecule has 0 spiro atoms. The van der Waals surface area contributed by atoms with Crippen LogP contribution in [0.4, 0.5) is 0 Å². The number of aromatic nitrogens is 1. The third kappa shape index (κ3) is 4.54. The largest absolute Gasteiger partial charge is 0.378 e. The highest BCUT2D eigenvalue weighted by molar-refractivity contribution is 7.11. The van der Waals surface area contributed by atoms with Crippen LogP contribution in [-0.4, -0.2) is 24.2 Å². The Kier molecular flexibility index (Phi) is 6.46. The fraction of sp³-hybridized carbons (Fsp3) is 0.812. The number of nitrogens with one attached hydrogen (secondary N) is 1. The molecule has 1 atom stereocenters. The lowest BCUT2D eigenvalue weighted by atomic mass is 10.1. The zero-order valence-corrected chi connectivity index (χ0v) is 13.9. The molecular weight excluding hydrogens is 268 g/mol. The average Bonchev–Trinajstić information content (AvgIpc) is 2.83. The van der Waals surface area contributed by atoms with Crippen LogP contribution in [0.2, 0.25) is 0 Å². The van der Waals surface area contributed by atoms with Gasteiger partial charge >= 0.3 is 0 Å². The van der Waals surface area contributed by atoms with E-state index in [1.165, 1.54) is 41.3 Å². The summed E-state index contributed by atoms with van der Waals surface area (Å²) in [5, 5.41) is 4.76. The first-order chi connectivity index (χ1) is 9.70. The van der Waals surface area contributed by atoms with Crippen molar-refractivity contribution in [2.24, 2.45) is 0 Å². The molecule has 0 saturated carbocycles. The van der Waals surface area contributed by atoms with Crippen LogP contribution in [0.1, 0.15) is 68.0 Å². The lowest BCUT2D eigenvalue weighted by Crippen LogP contribution is -2.21. The van der Waals surface area contributed by atoms with E-state index in [1.54, 1.807) is 0 Å². The number of thiazole rings is 1. The number of rotatable bonds is 7. The van der Waals surface area contributed by atoms with Gasteiger partial charge in [0, 0.05) is 24.4 Å². The monoisotopic (exact) mass is 296 g/mol. The summed E-state index contributed by atoms with van der Waals surface area (Å²) in [4.78, 5) is 6.30. The zero-order valence-electron chi connectivity index (χ0n) is 13.1. The molecule has 1 aromatic rings. The van der Waals surface area contributed by atoms with Crippen molar-refractivity contribution in [1.82, 2.24) is 10.3 Å². The standard InChI is InChI=1S/C16H28N2OS/c1-4-8-17-11-14-16(12(2)3)18-15(20-14)10-13-7-5-6-9-19-13/h12-13,17H,4-11H2,1-3H3. The molecule has 1 aliphatic heterocycles. The van der Waals surface area contributed by atoms with Crippen LogP contribution in [0.3, 0.4) is 0 Å². The molecule has 1 aliphatic rings. The van der Waals surface area contributed by atoms with Crippen LogP contribution in [0.5, 0.6) is 0 Å².